The van der Waals surface area contributed by atoms with Gasteiger partial charge in [-0.2, -0.15) is 0 Å². The lowest BCUT2D eigenvalue weighted by molar-refractivity contribution is 0.0346. The van der Waals surface area contributed by atoms with Crippen LogP contribution in [0, 0.1) is 11.8 Å². The van der Waals surface area contributed by atoms with Gasteiger partial charge in [0.1, 0.15) is 0 Å². The van der Waals surface area contributed by atoms with Crippen molar-refractivity contribution >= 4 is 6.09 Å². The van der Waals surface area contributed by atoms with Gasteiger partial charge in [0.25, 0.3) is 0 Å². The van der Waals surface area contributed by atoms with Crippen LogP contribution in [0.25, 0.3) is 0 Å². The van der Waals surface area contributed by atoms with E-state index in [1.54, 1.807) is 0 Å². The van der Waals surface area contributed by atoms with Crippen LogP contribution < -0.4 is 0 Å². The van der Waals surface area contributed by atoms with Gasteiger partial charge in [0, 0.05) is 12.1 Å². The summed E-state index contributed by atoms with van der Waals surface area (Å²) >= 11 is 0. The summed E-state index contributed by atoms with van der Waals surface area (Å²) in [4.78, 5) is 14.1. The second kappa shape index (κ2) is 4.87. The predicted molar refractivity (Wildman–Crippen MR) is 67.8 cm³/mol. The molecule has 98 valence electrons. The highest BCUT2D eigenvalue weighted by Gasteiger charge is 2.44. The molecule has 2 fully saturated rings. The first-order valence-corrected chi connectivity index (χ1v) is 6.98. The number of hydrogen-bond donors (Lipinski definition) is 0. The number of piperidine rings is 1. The van der Waals surface area contributed by atoms with Crippen molar-refractivity contribution < 1.29 is 9.53 Å². The van der Waals surface area contributed by atoms with Gasteiger partial charge in [-0.25, -0.2) is 4.79 Å². The Morgan fingerprint density at radius 3 is 2.06 bits per heavy atom. The van der Waals surface area contributed by atoms with Gasteiger partial charge in [-0.3, -0.25) is 0 Å². The lowest BCUT2D eigenvalue weighted by Gasteiger charge is -2.40. The van der Waals surface area contributed by atoms with Crippen LogP contribution in [0.5, 0.6) is 0 Å². The van der Waals surface area contributed by atoms with Gasteiger partial charge in [-0.15, -0.1) is 0 Å². The summed E-state index contributed by atoms with van der Waals surface area (Å²) in [6, 6.07) is 0.875. The van der Waals surface area contributed by atoms with E-state index in [-0.39, 0.29) is 12.2 Å². The molecule has 3 nitrogen and oxygen atoms in total. The third-order valence-corrected chi connectivity index (χ3v) is 4.26. The van der Waals surface area contributed by atoms with Gasteiger partial charge in [0.05, 0.1) is 6.10 Å². The molecular weight excluding hydrogens is 214 g/mol. The Balaban J connectivity index is 2.01. The lowest BCUT2D eigenvalue weighted by Crippen LogP contribution is -2.48. The zero-order chi connectivity index (χ0) is 12.6. The van der Waals surface area contributed by atoms with Crippen LogP contribution in [0.15, 0.2) is 0 Å². The van der Waals surface area contributed by atoms with Gasteiger partial charge in [0.2, 0.25) is 0 Å². The van der Waals surface area contributed by atoms with E-state index in [2.05, 4.69) is 13.8 Å². The van der Waals surface area contributed by atoms with Crippen molar-refractivity contribution in [1.29, 1.82) is 0 Å². The highest BCUT2D eigenvalue weighted by Crippen LogP contribution is 2.41. The summed E-state index contributed by atoms with van der Waals surface area (Å²) < 4.78 is 5.35. The molecule has 0 aromatic rings. The second-order valence-corrected chi connectivity index (χ2v) is 6.20. The third-order valence-electron chi connectivity index (χ3n) is 4.26. The van der Waals surface area contributed by atoms with E-state index in [9.17, 15) is 4.79 Å². The van der Waals surface area contributed by atoms with Crippen LogP contribution in [0.1, 0.15) is 53.4 Å². The zero-order valence-corrected chi connectivity index (χ0v) is 11.5. The number of nitrogens with zero attached hydrogens (tertiary/aromatic N) is 1. The van der Waals surface area contributed by atoms with Crippen molar-refractivity contribution in [3.8, 4) is 0 Å². The molecule has 2 aliphatic rings. The van der Waals surface area contributed by atoms with E-state index < -0.39 is 0 Å². The smallest absolute Gasteiger partial charge is 0.410 e. The molecule has 2 aliphatic heterocycles. The van der Waals surface area contributed by atoms with Crippen LogP contribution in [0.3, 0.4) is 0 Å². The molecule has 0 saturated carbocycles. The number of amides is 1. The summed E-state index contributed by atoms with van der Waals surface area (Å²) in [5.41, 5.74) is 0. The Hall–Kier alpha value is -0.730. The van der Waals surface area contributed by atoms with Crippen molar-refractivity contribution in [2.75, 3.05) is 0 Å². The molecule has 2 unspecified atom stereocenters. The van der Waals surface area contributed by atoms with Crippen molar-refractivity contribution in [2.24, 2.45) is 11.8 Å². The number of carbonyl (C=O) groups excluding carboxylic acids is 1. The van der Waals surface area contributed by atoms with Crippen molar-refractivity contribution in [3.05, 3.63) is 0 Å². The van der Waals surface area contributed by atoms with Gasteiger partial charge in [0.15, 0.2) is 0 Å². The predicted octanol–water partition coefficient (Wildman–Crippen LogP) is 3.43. The molecule has 2 rings (SSSR count). The van der Waals surface area contributed by atoms with E-state index in [0.29, 0.717) is 12.1 Å². The van der Waals surface area contributed by atoms with E-state index in [1.807, 2.05) is 18.7 Å². The lowest BCUT2D eigenvalue weighted by atomic mass is 9.83. The average Bonchev–Trinajstić information content (AvgIpc) is 2.48. The van der Waals surface area contributed by atoms with E-state index in [0.717, 1.165) is 11.8 Å². The van der Waals surface area contributed by atoms with Crippen molar-refractivity contribution in [1.82, 2.24) is 4.90 Å². The maximum Gasteiger partial charge on any atom is 0.410 e. The average molecular weight is 239 g/mol. The monoisotopic (exact) mass is 239 g/mol. The summed E-state index contributed by atoms with van der Waals surface area (Å²) in [6.45, 7) is 8.43. The van der Waals surface area contributed by atoms with Crippen LogP contribution in [-0.2, 0) is 4.74 Å². The van der Waals surface area contributed by atoms with Crippen LogP contribution in [0.2, 0.25) is 0 Å². The topological polar surface area (TPSA) is 29.5 Å². The molecule has 2 atom stereocenters. The largest absolute Gasteiger partial charge is 0.447 e. The molecule has 0 N–H and O–H groups in total. The summed E-state index contributed by atoms with van der Waals surface area (Å²) in [6.07, 6.45) is 4.57. The normalized spacial score (nSPS) is 32.4. The Morgan fingerprint density at radius 1 is 1.12 bits per heavy atom. The Kier molecular flexibility index (Phi) is 3.64. The highest BCUT2D eigenvalue weighted by atomic mass is 16.6. The molecule has 17 heavy (non-hydrogen) atoms. The first kappa shape index (κ1) is 12.7. The van der Waals surface area contributed by atoms with E-state index >= 15 is 0 Å². The first-order chi connectivity index (χ1) is 7.99. The molecule has 2 saturated heterocycles. The Morgan fingerprint density at radius 2 is 1.65 bits per heavy atom. The molecule has 2 bridgehead atoms. The SMILES string of the molecule is CC(C)OC(=O)N1C2CCC1CC(C(C)C)C2. The van der Waals surface area contributed by atoms with Crippen molar-refractivity contribution in [2.45, 2.75) is 71.6 Å². The molecule has 0 aromatic carbocycles. The molecule has 2 heterocycles. The number of carbonyl (C=O) groups is 1. The van der Waals surface area contributed by atoms with Crippen LogP contribution in [0.4, 0.5) is 4.79 Å². The van der Waals surface area contributed by atoms with Crippen LogP contribution in [-0.4, -0.2) is 29.2 Å². The molecule has 0 spiro atoms. The fourth-order valence-corrected chi connectivity index (χ4v) is 3.32. The number of fused-ring (bicyclic) bond motifs is 2. The van der Waals surface area contributed by atoms with Gasteiger partial charge >= 0.3 is 6.09 Å². The molecule has 1 amide bonds. The summed E-state index contributed by atoms with van der Waals surface area (Å²) in [5, 5.41) is 0. The van der Waals surface area contributed by atoms with E-state index in [1.165, 1.54) is 25.7 Å². The highest BCUT2D eigenvalue weighted by molar-refractivity contribution is 5.69. The maximum absolute atomic E-state index is 12.0. The number of ether oxygens (including phenoxy) is 1. The summed E-state index contributed by atoms with van der Waals surface area (Å²) in [5.74, 6) is 1.52. The van der Waals surface area contributed by atoms with Crippen molar-refractivity contribution in [3.63, 3.8) is 0 Å². The maximum atomic E-state index is 12.0. The minimum Gasteiger partial charge on any atom is -0.447 e. The first-order valence-electron chi connectivity index (χ1n) is 6.98. The third kappa shape index (κ3) is 2.58. The fourth-order valence-electron chi connectivity index (χ4n) is 3.32. The quantitative estimate of drug-likeness (QED) is 0.739. The van der Waals surface area contributed by atoms with Crippen LogP contribution >= 0.6 is 0 Å². The minimum absolute atomic E-state index is 0.00952. The molecule has 0 aromatic heterocycles. The molecular formula is C14H25NO2. The fraction of sp³-hybridized carbons (Fsp3) is 0.929. The zero-order valence-electron chi connectivity index (χ0n) is 11.5. The molecule has 0 radical (unpaired) electrons. The van der Waals surface area contributed by atoms with Gasteiger partial charge in [-0.05, 0) is 51.4 Å². The second-order valence-electron chi connectivity index (χ2n) is 6.20. The molecule has 3 heteroatoms. The Labute approximate surface area is 105 Å². The molecule has 0 aliphatic carbocycles. The number of hydrogen-bond acceptors (Lipinski definition) is 2. The van der Waals surface area contributed by atoms with Gasteiger partial charge in [-0.1, -0.05) is 13.8 Å². The number of rotatable bonds is 2. The van der Waals surface area contributed by atoms with Gasteiger partial charge < -0.3 is 9.64 Å². The summed E-state index contributed by atoms with van der Waals surface area (Å²) in [7, 11) is 0. The Bertz CT molecular complexity index is 274. The minimum atomic E-state index is -0.0882. The standard InChI is InChI=1S/C14H25NO2/c1-9(2)11-7-12-5-6-13(8-11)15(12)14(16)17-10(3)4/h9-13H,5-8H2,1-4H3. The van der Waals surface area contributed by atoms with E-state index in [4.69, 9.17) is 4.74 Å².